The monoisotopic (exact) mass is 164 g/mol. The predicted octanol–water partition coefficient (Wildman–Crippen LogP) is 4.26. The van der Waals surface area contributed by atoms with Gasteiger partial charge in [0.2, 0.25) is 0 Å². The number of allylic oxidation sites excluding steroid dienone is 4. The molecule has 0 heterocycles. The van der Waals surface area contributed by atoms with Gasteiger partial charge in [-0.3, -0.25) is 0 Å². The molecule has 0 fully saturated rings. The van der Waals surface area contributed by atoms with Crippen molar-refractivity contribution in [1.82, 2.24) is 0 Å². The lowest BCUT2D eigenvalue weighted by Gasteiger charge is -2.00. The Kier molecular flexibility index (Phi) is 7.78. The van der Waals surface area contributed by atoms with E-state index in [4.69, 9.17) is 0 Å². The minimum atomic E-state index is 1.05. The van der Waals surface area contributed by atoms with E-state index in [1.165, 1.54) is 18.4 Å². The summed E-state index contributed by atoms with van der Waals surface area (Å²) in [6.45, 7) is 9.75. The van der Waals surface area contributed by atoms with Gasteiger partial charge in [0.05, 0.1) is 0 Å². The first-order valence-corrected chi connectivity index (χ1v) is 4.70. The lowest BCUT2D eigenvalue weighted by atomic mass is 10.1. The average molecular weight is 164 g/mol. The normalized spacial score (nSPS) is 10.4. The topological polar surface area (TPSA) is 0 Å². The fourth-order valence-electron chi connectivity index (χ4n) is 1.05. The minimum Gasteiger partial charge on any atom is -0.103 e. The van der Waals surface area contributed by atoms with Gasteiger partial charge in [-0.25, -0.2) is 0 Å². The largest absolute Gasteiger partial charge is 0.103 e. The first-order chi connectivity index (χ1) is 5.81. The van der Waals surface area contributed by atoms with Gasteiger partial charge in [-0.1, -0.05) is 30.4 Å². The third-order valence-corrected chi connectivity index (χ3v) is 1.83. The molecule has 0 aliphatic heterocycles. The van der Waals surface area contributed by atoms with E-state index in [9.17, 15) is 0 Å². The highest BCUT2D eigenvalue weighted by Crippen LogP contribution is 2.10. The van der Waals surface area contributed by atoms with E-state index in [1.54, 1.807) is 0 Å². The standard InChI is InChI=1S/C12H20/c1-4-6-8-9-11-12(3)10-7-5-2/h4-5,7H,1,3,6,8-11H2,2H3. The van der Waals surface area contributed by atoms with Crippen LogP contribution in [0.4, 0.5) is 0 Å². The molecule has 0 N–H and O–H groups in total. The van der Waals surface area contributed by atoms with Crippen molar-refractivity contribution in [1.29, 1.82) is 0 Å². The van der Waals surface area contributed by atoms with Crippen LogP contribution in [0.15, 0.2) is 37.0 Å². The van der Waals surface area contributed by atoms with Crippen LogP contribution in [0.25, 0.3) is 0 Å². The van der Waals surface area contributed by atoms with Crippen LogP contribution >= 0.6 is 0 Å². The molecule has 0 unspecified atom stereocenters. The highest BCUT2D eigenvalue weighted by molar-refractivity contribution is 5.01. The van der Waals surface area contributed by atoms with E-state index < -0.39 is 0 Å². The van der Waals surface area contributed by atoms with Gasteiger partial charge in [0.25, 0.3) is 0 Å². The van der Waals surface area contributed by atoms with Gasteiger partial charge < -0.3 is 0 Å². The Morgan fingerprint density at radius 1 is 1.33 bits per heavy atom. The van der Waals surface area contributed by atoms with Crippen LogP contribution in [-0.2, 0) is 0 Å². The Balaban J connectivity index is 3.25. The van der Waals surface area contributed by atoms with Crippen molar-refractivity contribution in [3.8, 4) is 0 Å². The molecule has 0 heteroatoms. The lowest BCUT2D eigenvalue weighted by Crippen LogP contribution is -1.80. The highest BCUT2D eigenvalue weighted by Gasteiger charge is 1.91. The zero-order chi connectivity index (χ0) is 9.23. The molecule has 0 rings (SSSR count). The maximum absolute atomic E-state index is 4.01. The second-order valence-electron chi connectivity index (χ2n) is 3.06. The second kappa shape index (κ2) is 8.32. The van der Waals surface area contributed by atoms with Gasteiger partial charge in [0.15, 0.2) is 0 Å². The smallest absolute Gasteiger partial charge is 0.0142 e. The molecule has 0 spiro atoms. The van der Waals surface area contributed by atoms with Crippen molar-refractivity contribution < 1.29 is 0 Å². The number of rotatable bonds is 7. The molecule has 12 heavy (non-hydrogen) atoms. The lowest BCUT2D eigenvalue weighted by molar-refractivity contribution is 0.736. The molecule has 0 atom stereocenters. The first-order valence-electron chi connectivity index (χ1n) is 4.70. The van der Waals surface area contributed by atoms with Crippen molar-refractivity contribution in [2.75, 3.05) is 0 Å². The van der Waals surface area contributed by atoms with Crippen molar-refractivity contribution in [3.05, 3.63) is 37.0 Å². The summed E-state index contributed by atoms with van der Waals surface area (Å²) in [6, 6.07) is 0. The highest BCUT2D eigenvalue weighted by atomic mass is 14.0. The molecule has 0 aromatic carbocycles. The molecule has 0 radical (unpaired) electrons. The molecule has 0 bridgehead atoms. The molecule has 0 aliphatic carbocycles. The Labute approximate surface area is 76.7 Å². The van der Waals surface area contributed by atoms with Crippen LogP contribution in [0.3, 0.4) is 0 Å². The SMILES string of the molecule is C=CCCCCC(=C)CC=CC. The quantitative estimate of drug-likeness (QED) is 0.389. The van der Waals surface area contributed by atoms with Crippen LogP contribution in [0.2, 0.25) is 0 Å². The van der Waals surface area contributed by atoms with Crippen LogP contribution < -0.4 is 0 Å². The van der Waals surface area contributed by atoms with Crippen LogP contribution in [0.5, 0.6) is 0 Å². The van der Waals surface area contributed by atoms with E-state index in [-0.39, 0.29) is 0 Å². The average Bonchev–Trinajstić information content (AvgIpc) is 2.09. The number of hydrogen-bond donors (Lipinski definition) is 0. The summed E-state index contributed by atoms with van der Waals surface area (Å²) in [7, 11) is 0. The molecule has 0 aromatic rings. The maximum Gasteiger partial charge on any atom is -0.0142 e. The van der Waals surface area contributed by atoms with Crippen molar-refractivity contribution >= 4 is 0 Å². The minimum absolute atomic E-state index is 1.05. The van der Waals surface area contributed by atoms with Gasteiger partial charge in [-0.15, -0.1) is 6.58 Å². The van der Waals surface area contributed by atoms with Gasteiger partial charge >= 0.3 is 0 Å². The maximum atomic E-state index is 4.01. The Bertz CT molecular complexity index is 151. The van der Waals surface area contributed by atoms with E-state index in [2.05, 4.69) is 25.3 Å². The fraction of sp³-hybridized carbons (Fsp3) is 0.500. The van der Waals surface area contributed by atoms with E-state index in [0.717, 1.165) is 19.3 Å². The van der Waals surface area contributed by atoms with E-state index in [0.29, 0.717) is 0 Å². The Morgan fingerprint density at radius 2 is 2.08 bits per heavy atom. The number of hydrogen-bond acceptors (Lipinski definition) is 0. The van der Waals surface area contributed by atoms with E-state index in [1.807, 2.05) is 13.0 Å². The van der Waals surface area contributed by atoms with Crippen molar-refractivity contribution in [3.63, 3.8) is 0 Å². The molecule has 0 aromatic heterocycles. The third-order valence-electron chi connectivity index (χ3n) is 1.83. The number of unbranched alkanes of at least 4 members (excludes halogenated alkanes) is 2. The summed E-state index contributed by atoms with van der Waals surface area (Å²) >= 11 is 0. The molecular formula is C12H20. The third kappa shape index (κ3) is 7.33. The first kappa shape index (κ1) is 11.2. The summed E-state index contributed by atoms with van der Waals surface area (Å²) in [5.41, 5.74) is 1.34. The second-order valence-corrected chi connectivity index (χ2v) is 3.06. The van der Waals surface area contributed by atoms with Gasteiger partial charge in [-0.2, -0.15) is 0 Å². The molecule has 0 amide bonds. The molecule has 0 saturated heterocycles. The van der Waals surface area contributed by atoms with Gasteiger partial charge in [0, 0.05) is 0 Å². The fourth-order valence-corrected chi connectivity index (χ4v) is 1.05. The Hall–Kier alpha value is -0.780. The summed E-state index contributed by atoms with van der Waals surface area (Å²) in [5.74, 6) is 0. The zero-order valence-corrected chi connectivity index (χ0v) is 8.18. The summed E-state index contributed by atoms with van der Waals surface area (Å²) < 4.78 is 0. The molecular weight excluding hydrogens is 144 g/mol. The molecule has 0 nitrogen and oxygen atoms in total. The van der Waals surface area contributed by atoms with Crippen molar-refractivity contribution in [2.45, 2.75) is 39.0 Å². The van der Waals surface area contributed by atoms with Crippen molar-refractivity contribution in [2.24, 2.45) is 0 Å². The predicted molar refractivity (Wildman–Crippen MR) is 57.2 cm³/mol. The summed E-state index contributed by atoms with van der Waals surface area (Å²) in [4.78, 5) is 0. The van der Waals surface area contributed by atoms with Crippen LogP contribution in [-0.4, -0.2) is 0 Å². The van der Waals surface area contributed by atoms with Gasteiger partial charge in [0.1, 0.15) is 0 Å². The van der Waals surface area contributed by atoms with E-state index >= 15 is 0 Å². The Morgan fingerprint density at radius 3 is 2.67 bits per heavy atom. The summed E-state index contributed by atoms with van der Waals surface area (Å²) in [6.07, 6.45) is 12.1. The van der Waals surface area contributed by atoms with Gasteiger partial charge in [-0.05, 0) is 39.0 Å². The van der Waals surface area contributed by atoms with Crippen LogP contribution in [0.1, 0.15) is 39.0 Å². The summed E-state index contributed by atoms with van der Waals surface area (Å²) in [5, 5.41) is 0. The van der Waals surface area contributed by atoms with Crippen LogP contribution in [0, 0.1) is 0 Å². The molecule has 0 saturated carbocycles. The molecule has 0 aliphatic rings. The zero-order valence-electron chi connectivity index (χ0n) is 8.18. The molecule has 68 valence electrons.